The molecule has 86 valence electrons. The molecule has 1 aromatic heterocycles. The number of halogens is 1. The molecule has 0 N–H and O–H groups in total. The van der Waals surface area contributed by atoms with Crippen LogP contribution in [0.3, 0.4) is 0 Å². The summed E-state index contributed by atoms with van der Waals surface area (Å²) < 4.78 is 2.09. The zero-order valence-corrected chi connectivity index (χ0v) is 10.9. The second kappa shape index (κ2) is 5.55. The van der Waals surface area contributed by atoms with Gasteiger partial charge in [-0.2, -0.15) is 5.10 Å². The van der Waals surface area contributed by atoms with E-state index >= 15 is 0 Å². The molecule has 0 radical (unpaired) electrons. The summed E-state index contributed by atoms with van der Waals surface area (Å²) in [4.78, 5) is 0. The molecule has 0 fully saturated rings. The smallest absolute Gasteiger partial charge is 0.0820 e. The lowest BCUT2D eigenvalue weighted by Crippen LogP contribution is -2.11. The van der Waals surface area contributed by atoms with E-state index in [-0.39, 0.29) is 0 Å². The standard InChI is InChI=1S/C12H21ClN2/c1-5-6-7-10(4)15-12(9(2)3)11(13)8-14-15/h8-10H,5-7H2,1-4H3. The van der Waals surface area contributed by atoms with Crippen LogP contribution in [0, 0.1) is 0 Å². The van der Waals surface area contributed by atoms with Gasteiger partial charge in [-0.15, -0.1) is 0 Å². The SMILES string of the molecule is CCCCC(C)n1ncc(Cl)c1C(C)C. The van der Waals surface area contributed by atoms with Crippen LogP contribution in [0.1, 0.15) is 64.6 Å². The Bertz CT molecular complexity index is 305. The first kappa shape index (κ1) is 12.6. The van der Waals surface area contributed by atoms with Gasteiger partial charge in [0.1, 0.15) is 0 Å². The molecule has 0 saturated carbocycles. The third-order valence-electron chi connectivity index (χ3n) is 2.73. The predicted octanol–water partition coefficient (Wildman–Crippen LogP) is 4.41. The van der Waals surface area contributed by atoms with Crippen LogP contribution in [0.15, 0.2) is 6.20 Å². The molecule has 0 aromatic carbocycles. The molecule has 1 unspecified atom stereocenters. The predicted molar refractivity (Wildman–Crippen MR) is 65.6 cm³/mol. The molecule has 1 rings (SSSR count). The Morgan fingerprint density at radius 1 is 1.40 bits per heavy atom. The third-order valence-corrected chi connectivity index (χ3v) is 3.02. The van der Waals surface area contributed by atoms with E-state index in [1.165, 1.54) is 25.0 Å². The van der Waals surface area contributed by atoms with Crippen molar-refractivity contribution in [3.8, 4) is 0 Å². The summed E-state index contributed by atoms with van der Waals surface area (Å²) in [5.41, 5.74) is 1.17. The van der Waals surface area contributed by atoms with E-state index in [0.29, 0.717) is 12.0 Å². The maximum Gasteiger partial charge on any atom is 0.0820 e. The number of rotatable bonds is 5. The summed E-state index contributed by atoms with van der Waals surface area (Å²) in [7, 11) is 0. The number of hydrogen-bond donors (Lipinski definition) is 0. The molecule has 0 bridgehead atoms. The van der Waals surface area contributed by atoms with Gasteiger partial charge in [-0.25, -0.2) is 0 Å². The van der Waals surface area contributed by atoms with Crippen molar-refractivity contribution < 1.29 is 0 Å². The van der Waals surface area contributed by atoms with Crippen LogP contribution in [0.25, 0.3) is 0 Å². The lowest BCUT2D eigenvalue weighted by molar-refractivity contribution is 0.424. The van der Waals surface area contributed by atoms with E-state index in [9.17, 15) is 0 Å². The summed E-state index contributed by atoms with van der Waals surface area (Å²) in [6, 6.07) is 0.454. The lowest BCUT2D eigenvalue weighted by atomic mass is 10.1. The minimum Gasteiger partial charge on any atom is -0.265 e. The molecule has 2 nitrogen and oxygen atoms in total. The van der Waals surface area contributed by atoms with Crippen molar-refractivity contribution in [1.29, 1.82) is 0 Å². The summed E-state index contributed by atoms with van der Waals surface area (Å²) >= 11 is 6.13. The zero-order valence-electron chi connectivity index (χ0n) is 10.1. The molecule has 0 aliphatic carbocycles. The molecule has 0 spiro atoms. The van der Waals surface area contributed by atoms with Crippen LogP contribution in [-0.2, 0) is 0 Å². The van der Waals surface area contributed by atoms with E-state index in [1.54, 1.807) is 6.20 Å². The number of hydrogen-bond acceptors (Lipinski definition) is 1. The van der Waals surface area contributed by atoms with Crippen molar-refractivity contribution in [3.63, 3.8) is 0 Å². The van der Waals surface area contributed by atoms with E-state index in [0.717, 1.165) is 5.02 Å². The Morgan fingerprint density at radius 2 is 2.07 bits per heavy atom. The van der Waals surface area contributed by atoms with Crippen molar-refractivity contribution in [3.05, 3.63) is 16.9 Å². The summed E-state index contributed by atoms with van der Waals surface area (Å²) in [5.74, 6) is 0.434. The minimum absolute atomic E-state index is 0.434. The highest BCUT2D eigenvalue weighted by Crippen LogP contribution is 2.27. The van der Waals surface area contributed by atoms with Crippen molar-refractivity contribution >= 4 is 11.6 Å². The van der Waals surface area contributed by atoms with Crippen molar-refractivity contribution in [1.82, 2.24) is 9.78 Å². The van der Waals surface area contributed by atoms with Gasteiger partial charge in [0.2, 0.25) is 0 Å². The molecule has 3 heteroatoms. The van der Waals surface area contributed by atoms with E-state index in [1.807, 2.05) is 0 Å². The van der Waals surface area contributed by atoms with Gasteiger partial charge < -0.3 is 0 Å². The fraction of sp³-hybridized carbons (Fsp3) is 0.750. The molecule has 0 amide bonds. The molecule has 1 atom stereocenters. The zero-order chi connectivity index (χ0) is 11.4. The number of aromatic nitrogens is 2. The van der Waals surface area contributed by atoms with Gasteiger partial charge in [0.05, 0.1) is 16.9 Å². The fourth-order valence-electron chi connectivity index (χ4n) is 1.86. The Morgan fingerprint density at radius 3 is 2.60 bits per heavy atom. The molecule has 15 heavy (non-hydrogen) atoms. The molecule has 1 aromatic rings. The maximum atomic E-state index is 6.13. The first-order valence-corrected chi connectivity index (χ1v) is 6.18. The Labute approximate surface area is 97.6 Å². The monoisotopic (exact) mass is 228 g/mol. The highest BCUT2D eigenvalue weighted by molar-refractivity contribution is 6.31. The normalized spacial score (nSPS) is 13.5. The second-order valence-electron chi connectivity index (χ2n) is 4.47. The average Bonchev–Trinajstić information content (AvgIpc) is 2.56. The van der Waals surface area contributed by atoms with Crippen LogP contribution < -0.4 is 0 Å². The van der Waals surface area contributed by atoms with Gasteiger partial charge >= 0.3 is 0 Å². The topological polar surface area (TPSA) is 17.8 Å². The molecule has 0 aliphatic rings. The quantitative estimate of drug-likeness (QED) is 0.730. The second-order valence-corrected chi connectivity index (χ2v) is 4.88. The van der Waals surface area contributed by atoms with Crippen molar-refractivity contribution in [2.75, 3.05) is 0 Å². The van der Waals surface area contributed by atoms with Crippen LogP contribution in [0.2, 0.25) is 5.02 Å². The third kappa shape index (κ3) is 2.97. The Kier molecular flexibility index (Phi) is 4.65. The molecule has 1 heterocycles. The Hall–Kier alpha value is -0.500. The number of nitrogens with zero attached hydrogens (tertiary/aromatic N) is 2. The van der Waals surface area contributed by atoms with Gasteiger partial charge in [-0.3, -0.25) is 4.68 Å². The minimum atomic E-state index is 0.434. The molecular weight excluding hydrogens is 208 g/mol. The maximum absolute atomic E-state index is 6.13. The lowest BCUT2D eigenvalue weighted by Gasteiger charge is -2.17. The average molecular weight is 229 g/mol. The summed E-state index contributed by atoms with van der Waals surface area (Å²) in [5, 5.41) is 5.17. The van der Waals surface area contributed by atoms with Gasteiger partial charge in [-0.05, 0) is 19.3 Å². The van der Waals surface area contributed by atoms with Gasteiger partial charge in [0.25, 0.3) is 0 Å². The van der Waals surface area contributed by atoms with Crippen molar-refractivity contribution in [2.45, 2.75) is 58.9 Å². The first-order chi connectivity index (χ1) is 7.07. The molecular formula is C12H21ClN2. The number of unbranched alkanes of at least 4 members (excludes halogenated alkanes) is 1. The van der Waals surface area contributed by atoms with Gasteiger partial charge in [0.15, 0.2) is 0 Å². The molecule has 0 aliphatic heterocycles. The van der Waals surface area contributed by atoms with Crippen LogP contribution in [0.4, 0.5) is 0 Å². The highest BCUT2D eigenvalue weighted by Gasteiger charge is 2.16. The van der Waals surface area contributed by atoms with Crippen LogP contribution in [-0.4, -0.2) is 9.78 Å². The largest absolute Gasteiger partial charge is 0.265 e. The van der Waals surface area contributed by atoms with E-state index in [2.05, 4.69) is 37.5 Å². The van der Waals surface area contributed by atoms with Crippen molar-refractivity contribution in [2.24, 2.45) is 0 Å². The van der Waals surface area contributed by atoms with Gasteiger partial charge in [0, 0.05) is 6.04 Å². The fourth-order valence-corrected chi connectivity index (χ4v) is 2.21. The van der Waals surface area contributed by atoms with E-state index < -0.39 is 0 Å². The van der Waals surface area contributed by atoms with Gasteiger partial charge in [-0.1, -0.05) is 45.2 Å². The highest BCUT2D eigenvalue weighted by atomic mass is 35.5. The summed E-state index contributed by atoms with van der Waals surface area (Å²) in [6.07, 6.45) is 5.42. The Balaban J connectivity index is 2.83. The first-order valence-electron chi connectivity index (χ1n) is 5.80. The van der Waals surface area contributed by atoms with Crippen LogP contribution >= 0.6 is 11.6 Å². The van der Waals surface area contributed by atoms with Crippen LogP contribution in [0.5, 0.6) is 0 Å². The summed E-state index contributed by atoms with van der Waals surface area (Å²) in [6.45, 7) is 8.74. The molecule has 0 saturated heterocycles. The van der Waals surface area contributed by atoms with E-state index in [4.69, 9.17) is 11.6 Å².